The first-order valence-corrected chi connectivity index (χ1v) is 7.25. The first-order chi connectivity index (χ1) is 10.0. The molecule has 0 aliphatic heterocycles. The summed E-state index contributed by atoms with van der Waals surface area (Å²) in [7, 11) is 1.61. The molecule has 114 valence electrons. The highest BCUT2D eigenvalue weighted by Crippen LogP contribution is 2.22. The van der Waals surface area contributed by atoms with Gasteiger partial charge in [0.2, 0.25) is 5.71 Å². The molecular weight excluding hydrogens is 270 g/mol. The SMILES string of the molecule is CCCCN(CC)C(=O)c1c(C)oc2ncn(C)c(=O)c12. The van der Waals surface area contributed by atoms with Gasteiger partial charge in [0.15, 0.2) is 0 Å². The van der Waals surface area contributed by atoms with Gasteiger partial charge in [0.05, 0.1) is 5.56 Å². The lowest BCUT2D eigenvalue weighted by Crippen LogP contribution is -2.33. The number of rotatable bonds is 5. The highest BCUT2D eigenvalue weighted by atomic mass is 16.3. The minimum atomic E-state index is -0.258. The van der Waals surface area contributed by atoms with Crippen LogP contribution >= 0.6 is 0 Å². The van der Waals surface area contributed by atoms with Crippen molar-refractivity contribution in [3.8, 4) is 0 Å². The van der Waals surface area contributed by atoms with E-state index in [1.165, 1.54) is 10.9 Å². The largest absolute Gasteiger partial charge is 0.442 e. The van der Waals surface area contributed by atoms with Crippen molar-refractivity contribution in [1.29, 1.82) is 0 Å². The zero-order valence-corrected chi connectivity index (χ0v) is 13.0. The van der Waals surface area contributed by atoms with Gasteiger partial charge < -0.3 is 13.9 Å². The molecule has 0 spiro atoms. The van der Waals surface area contributed by atoms with Gasteiger partial charge in [-0.2, -0.15) is 0 Å². The summed E-state index contributed by atoms with van der Waals surface area (Å²) in [6.45, 7) is 6.99. The monoisotopic (exact) mass is 291 g/mol. The first-order valence-electron chi connectivity index (χ1n) is 7.25. The van der Waals surface area contributed by atoms with E-state index in [2.05, 4.69) is 11.9 Å². The highest BCUT2D eigenvalue weighted by molar-refractivity contribution is 6.06. The molecule has 0 fully saturated rings. The quantitative estimate of drug-likeness (QED) is 0.846. The summed E-state index contributed by atoms with van der Waals surface area (Å²) < 4.78 is 6.84. The van der Waals surface area contributed by atoms with E-state index in [1.807, 2.05) is 6.92 Å². The number of nitrogens with zero attached hydrogens (tertiary/aromatic N) is 3. The number of furan rings is 1. The molecule has 0 aliphatic carbocycles. The van der Waals surface area contributed by atoms with Crippen LogP contribution in [0.2, 0.25) is 0 Å². The fourth-order valence-corrected chi connectivity index (χ4v) is 2.36. The van der Waals surface area contributed by atoms with Gasteiger partial charge in [0.25, 0.3) is 11.5 Å². The highest BCUT2D eigenvalue weighted by Gasteiger charge is 2.25. The Bertz CT molecular complexity index is 715. The van der Waals surface area contributed by atoms with Crippen LogP contribution in [0, 0.1) is 6.92 Å². The zero-order valence-electron chi connectivity index (χ0n) is 13.0. The van der Waals surface area contributed by atoms with E-state index in [0.29, 0.717) is 24.4 Å². The third kappa shape index (κ3) is 2.70. The van der Waals surface area contributed by atoms with Crippen LogP contribution in [0.3, 0.4) is 0 Å². The normalized spacial score (nSPS) is 11.0. The van der Waals surface area contributed by atoms with Gasteiger partial charge in [-0.3, -0.25) is 9.59 Å². The molecule has 6 nitrogen and oxygen atoms in total. The lowest BCUT2D eigenvalue weighted by molar-refractivity contribution is 0.0762. The Hall–Kier alpha value is -2.11. The fraction of sp³-hybridized carbons (Fsp3) is 0.533. The summed E-state index contributed by atoms with van der Waals surface area (Å²) in [5, 5.41) is 0.275. The molecule has 0 radical (unpaired) electrons. The maximum atomic E-state index is 12.7. The van der Waals surface area contributed by atoms with Crippen molar-refractivity contribution in [3.05, 3.63) is 28.0 Å². The van der Waals surface area contributed by atoms with Crippen molar-refractivity contribution >= 4 is 17.0 Å². The van der Waals surface area contributed by atoms with Gasteiger partial charge in [0.1, 0.15) is 17.5 Å². The van der Waals surface area contributed by atoms with Crippen molar-refractivity contribution in [2.75, 3.05) is 13.1 Å². The molecule has 2 aromatic rings. The van der Waals surface area contributed by atoms with Gasteiger partial charge >= 0.3 is 0 Å². The molecule has 0 unspecified atom stereocenters. The smallest absolute Gasteiger partial charge is 0.265 e. The van der Waals surface area contributed by atoms with E-state index in [-0.39, 0.29) is 22.6 Å². The van der Waals surface area contributed by atoms with Crippen LogP contribution in [0.15, 0.2) is 15.5 Å². The van der Waals surface area contributed by atoms with Gasteiger partial charge in [-0.25, -0.2) is 4.98 Å². The molecule has 0 aromatic carbocycles. The predicted molar refractivity (Wildman–Crippen MR) is 80.5 cm³/mol. The molecule has 0 N–H and O–H groups in total. The number of aryl methyl sites for hydroxylation is 2. The van der Waals surface area contributed by atoms with E-state index in [1.54, 1.807) is 18.9 Å². The molecule has 0 saturated carbocycles. The minimum Gasteiger partial charge on any atom is -0.442 e. The molecule has 0 bridgehead atoms. The number of unbranched alkanes of at least 4 members (excludes halogenated alkanes) is 1. The summed E-state index contributed by atoms with van der Waals surface area (Å²) in [5.41, 5.74) is 0.314. The molecule has 2 aromatic heterocycles. The van der Waals surface area contributed by atoms with E-state index in [0.717, 1.165) is 12.8 Å². The Kier molecular flexibility index (Phi) is 4.45. The Morgan fingerprint density at radius 2 is 2.14 bits per heavy atom. The van der Waals surface area contributed by atoms with Crippen LogP contribution in [0.4, 0.5) is 0 Å². The second-order valence-electron chi connectivity index (χ2n) is 5.11. The second kappa shape index (κ2) is 6.11. The number of hydrogen-bond donors (Lipinski definition) is 0. The molecule has 1 amide bonds. The van der Waals surface area contributed by atoms with Crippen LogP contribution in [-0.2, 0) is 7.05 Å². The summed E-state index contributed by atoms with van der Waals surface area (Å²) in [6, 6.07) is 0. The zero-order chi connectivity index (χ0) is 15.6. The average molecular weight is 291 g/mol. The van der Waals surface area contributed by atoms with Gasteiger partial charge in [-0.1, -0.05) is 13.3 Å². The number of fused-ring (bicyclic) bond motifs is 1. The molecule has 0 aliphatic rings. The second-order valence-corrected chi connectivity index (χ2v) is 5.11. The maximum Gasteiger partial charge on any atom is 0.265 e. The molecule has 2 heterocycles. The van der Waals surface area contributed by atoms with Gasteiger partial charge in [-0.15, -0.1) is 0 Å². The Labute approximate surface area is 123 Å². The molecule has 6 heteroatoms. The molecule has 21 heavy (non-hydrogen) atoms. The van der Waals surface area contributed by atoms with E-state index < -0.39 is 0 Å². The van der Waals surface area contributed by atoms with Crippen LogP contribution in [-0.4, -0.2) is 33.4 Å². The molecule has 0 saturated heterocycles. The molecule has 0 atom stereocenters. The van der Waals surface area contributed by atoms with Crippen LogP contribution in [0.25, 0.3) is 11.1 Å². The Morgan fingerprint density at radius 1 is 1.43 bits per heavy atom. The van der Waals surface area contributed by atoms with E-state index >= 15 is 0 Å². The number of amides is 1. The fourth-order valence-electron chi connectivity index (χ4n) is 2.36. The minimum absolute atomic E-state index is 0.160. The topological polar surface area (TPSA) is 68.3 Å². The van der Waals surface area contributed by atoms with Crippen LogP contribution in [0.5, 0.6) is 0 Å². The van der Waals surface area contributed by atoms with Gasteiger partial charge in [-0.05, 0) is 20.3 Å². The maximum absolute atomic E-state index is 12.7. The Morgan fingerprint density at radius 3 is 2.76 bits per heavy atom. The number of hydrogen-bond acceptors (Lipinski definition) is 4. The molecular formula is C15H21N3O3. The number of carbonyl (C=O) groups is 1. The van der Waals surface area contributed by atoms with Crippen molar-refractivity contribution in [2.24, 2.45) is 7.05 Å². The summed E-state index contributed by atoms with van der Waals surface area (Å²) in [4.78, 5) is 30.8. The summed E-state index contributed by atoms with van der Waals surface area (Å²) in [5.74, 6) is 0.285. The lowest BCUT2D eigenvalue weighted by atomic mass is 10.1. The first kappa shape index (κ1) is 15.3. The summed E-state index contributed by atoms with van der Waals surface area (Å²) in [6.07, 6.45) is 3.35. The third-order valence-corrected chi connectivity index (χ3v) is 3.61. The lowest BCUT2D eigenvalue weighted by Gasteiger charge is -2.20. The Balaban J connectivity index is 2.55. The van der Waals surface area contributed by atoms with Crippen molar-refractivity contribution < 1.29 is 9.21 Å². The van der Waals surface area contributed by atoms with E-state index in [4.69, 9.17) is 4.42 Å². The predicted octanol–water partition coefficient (Wildman–Crippen LogP) is 2.10. The number of carbonyl (C=O) groups excluding carboxylic acids is 1. The summed E-state index contributed by atoms with van der Waals surface area (Å²) >= 11 is 0. The van der Waals surface area contributed by atoms with Gasteiger partial charge in [0, 0.05) is 20.1 Å². The van der Waals surface area contributed by atoms with Crippen molar-refractivity contribution in [2.45, 2.75) is 33.6 Å². The van der Waals surface area contributed by atoms with Crippen molar-refractivity contribution in [3.63, 3.8) is 0 Å². The van der Waals surface area contributed by atoms with Crippen molar-refractivity contribution in [1.82, 2.24) is 14.5 Å². The standard InChI is InChI=1S/C15H21N3O3/c1-5-7-8-18(6-2)15(20)11-10(3)21-13-12(11)14(19)17(4)9-16-13/h9H,5-8H2,1-4H3. The van der Waals surface area contributed by atoms with Crippen LogP contribution in [0.1, 0.15) is 42.8 Å². The van der Waals surface area contributed by atoms with E-state index in [9.17, 15) is 9.59 Å². The van der Waals surface area contributed by atoms with Crippen LogP contribution < -0.4 is 5.56 Å². The molecule has 2 rings (SSSR count). The third-order valence-electron chi connectivity index (χ3n) is 3.61. The average Bonchev–Trinajstić information content (AvgIpc) is 2.80. The number of aromatic nitrogens is 2.